The summed E-state index contributed by atoms with van der Waals surface area (Å²) in [5.41, 5.74) is 2.43. The zero-order valence-electron chi connectivity index (χ0n) is 24.1. The molecule has 6 heterocycles. The summed E-state index contributed by atoms with van der Waals surface area (Å²) in [6, 6.07) is 23.2. The Balaban J connectivity index is 0.000000279. The number of nitriles is 1. The number of hydrogen-bond donors (Lipinski definition) is 1. The largest absolute Gasteiger partial charge is 0.474 e. The number of halogens is 1. The molecule has 0 amide bonds. The summed E-state index contributed by atoms with van der Waals surface area (Å²) >= 11 is 6.52. The molecule has 10 heteroatoms. The highest BCUT2D eigenvalue weighted by Gasteiger charge is 2.22. The fraction of sp³-hybridized carbons (Fsp3) is 0.273. The van der Waals surface area contributed by atoms with Crippen molar-refractivity contribution in [2.24, 2.45) is 0 Å². The van der Waals surface area contributed by atoms with Gasteiger partial charge >= 0.3 is 0 Å². The van der Waals surface area contributed by atoms with E-state index in [2.05, 4.69) is 25.9 Å². The Labute approximate surface area is 256 Å². The average Bonchev–Trinajstić information content (AvgIpc) is 3.45. The van der Waals surface area contributed by atoms with Crippen LogP contribution in [-0.2, 0) is 0 Å². The van der Waals surface area contributed by atoms with Crippen molar-refractivity contribution in [3.8, 4) is 29.0 Å². The quantitative estimate of drug-likeness (QED) is 0.236. The van der Waals surface area contributed by atoms with Gasteiger partial charge in [0.25, 0.3) is 0 Å². The molecule has 6 rings (SSSR count). The topological polar surface area (TPSA) is 109 Å². The van der Waals surface area contributed by atoms with Gasteiger partial charge in [0.15, 0.2) is 0 Å². The number of ether oxygens (including phenoxy) is 2. The Kier molecular flexibility index (Phi) is 9.40. The fourth-order valence-corrected chi connectivity index (χ4v) is 4.94. The molecule has 5 aromatic rings. The predicted octanol–water partition coefficient (Wildman–Crippen LogP) is 6.20. The lowest BCUT2D eigenvalue weighted by Gasteiger charge is -2.32. The maximum absolute atomic E-state index is 9.88. The minimum absolute atomic E-state index is 0.0976. The SMILES string of the molecule is CC(C)(O)COc1nccc(-c2ccc(N3CCC(Oc4ccccn4)CC3)nc2)c1Cl.N#Cc1ccc2ccccn12. The Morgan fingerprint density at radius 1 is 0.977 bits per heavy atom. The first-order valence-corrected chi connectivity index (χ1v) is 14.4. The molecule has 0 aromatic carbocycles. The number of aromatic nitrogens is 4. The highest BCUT2D eigenvalue weighted by molar-refractivity contribution is 6.34. The highest BCUT2D eigenvalue weighted by atomic mass is 35.5. The van der Waals surface area contributed by atoms with Crippen molar-refractivity contribution in [1.29, 1.82) is 5.26 Å². The Bertz CT molecular complexity index is 1670. The molecule has 1 saturated heterocycles. The number of hydrogen-bond acceptors (Lipinski definition) is 8. The van der Waals surface area contributed by atoms with E-state index in [4.69, 9.17) is 26.3 Å². The van der Waals surface area contributed by atoms with Crippen molar-refractivity contribution in [3.63, 3.8) is 0 Å². The van der Waals surface area contributed by atoms with Gasteiger partial charge in [0.2, 0.25) is 11.8 Å². The zero-order chi connectivity index (χ0) is 30.2. The molecule has 5 aromatic heterocycles. The van der Waals surface area contributed by atoms with Crippen LogP contribution in [0.4, 0.5) is 5.82 Å². The summed E-state index contributed by atoms with van der Waals surface area (Å²) in [5, 5.41) is 18.9. The van der Waals surface area contributed by atoms with Gasteiger partial charge in [-0.2, -0.15) is 5.26 Å². The molecular formula is C33H33ClN6O3. The van der Waals surface area contributed by atoms with Crippen LogP contribution in [0.3, 0.4) is 0 Å². The van der Waals surface area contributed by atoms with Crippen LogP contribution in [-0.4, -0.2) is 55.9 Å². The van der Waals surface area contributed by atoms with Gasteiger partial charge in [-0.15, -0.1) is 0 Å². The van der Waals surface area contributed by atoms with E-state index < -0.39 is 5.60 Å². The average molecular weight is 597 g/mol. The van der Waals surface area contributed by atoms with E-state index in [-0.39, 0.29) is 12.7 Å². The molecule has 0 bridgehead atoms. The number of piperidine rings is 1. The van der Waals surface area contributed by atoms with E-state index in [1.165, 1.54) is 0 Å². The minimum atomic E-state index is -0.972. The number of pyridine rings is 4. The van der Waals surface area contributed by atoms with Gasteiger partial charge in [-0.1, -0.05) is 23.7 Å². The monoisotopic (exact) mass is 596 g/mol. The third-order valence-corrected chi connectivity index (χ3v) is 7.21. The zero-order valence-corrected chi connectivity index (χ0v) is 24.9. The van der Waals surface area contributed by atoms with Crippen LogP contribution in [0.1, 0.15) is 32.4 Å². The molecule has 43 heavy (non-hydrogen) atoms. The summed E-state index contributed by atoms with van der Waals surface area (Å²) in [7, 11) is 0. The molecule has 0 radical (unpaired) electrons. The smallest absolute Gasteiger partial charge is 0.233 e. The maximum Gasteiger partial charge on any atom is 0.233 e. The molecule has 1 fully saturated rings. The Morgan fingerprint density at radius 2 is 1.79 bits per heavy atom. The summed E-state index contributed by atoms with van der Waals surface area (Å²) in [6.45, 7) is 5.17. The third kappa shape index (κ3) is 7.80. The molecule has 1 aliphatic heterocycles. The van der Waals surface area contributed by atoms with E-state index in [9.17, 15) is 5.11 Å². The summed E-state index contributed by atoms with van der Waals surface area (Å²) in [4.78, 5) is 15.3. The molecule has 0 unspecified atom stereocenters. The molecule has 1 N–H and O–H groups in total. The Morgan fingerprint density at radius 3 is 2.49 bits per heavy atom. The van der Waals surface area contributed by atoms with Crippen molar-refractivity contribution in [3.05, 3.63) is 102 Å². The number of anilines is 1. The van der Waals surface area contributed by atoms with Crippen LogP contribution in [0.5, 0.6) is 11.8 Å². The van der Waals surface area contributed by atoms with E-state index in [0.717, 1.165) is 48.4 Å². The van der Waals surface area contributed by atoms with Gasteiger partial charge < -0.3 is 23.9 Å². The van der Waals surface area contributed by atoms with Crippen LogP contribution < -0.4 is 14.4 Å². The molecule has 220 valence electrons. The predicted molar refractivity (Wildman–Crippen MR) is 166 cm³/mol. The van der Waals surface area contributed by atoms with Crippen molar-refractivity contribution < 1.29 is 14.6 Å². The van der Waals surface area contributed by atoms with Gasteiger partial charge in [-0.05, 0) is 62.4 Å². The summed E-state index contributed by atoms with van der Waals surface area (Å²) < 4.78 is 13.4. The Hall–Kier alpha value is -4.65. The lowest BCUT2D eigenvalue weighted by atomic mass is 10.1. The number of fused-ring (bicyclic) bond motifs is 1. The summed E-state index contributed by atoms with van der Waals surface area (Å²) in [6.07, 6.45) is 9.07. The van der Waals surface area contributed by atoms with Gasteiger partial charge in [-0.3, -0.25) is 0 Å². The van der Waals surface area contributed by atoms with Crippen LogP contribution in [0.15, 0.2) is 91.5 Å². The van der Waals surface area contributed by atoms with Gasteiger partial charge in [0.05, 0.1) is 5.60 Å². The number of nitrogens with zero attached hydrogens (tertiary/aromatic N) is 6. The molecule has 0 spiro atoms. The standard InChI is InChI=1S/C24H27ClN4O3.C9H6N2/c1-24(2,30)16-31-23-22(25)19(8-12-27-23)17-6-7-20(28-15-17)29-13-9-18(10-14-29)32-21-5-3-4-11-26-21;10-7-9-5-4-8-3-1-2-6-11(8)9/h3-8,11-12,15,18,30H,9-10,13-14,16H2,1-2H3;1-6H. The minimum Gasteiger partial charge on any atom is -0.474 e. The van der Waals surface area contributed by atoms with E-state index in [1.807, 2.05) is 83.5 Å². The van der Waals surface area contributed by atoms with E-state index >= 15 is 0 Å². The second kappa shape index (κ2) is 13.6. The molecule has 0 saturated carbocycles. The van der Waals surface area contributed by atoms with Crippen LogP contribution in [0.25, 0.3) is 16.6 Å². The molecule has 1 aliphatic rings. The first-order chi connectivity index (χ1) is 20.8. The highest BCUT2D eigenvalue weighted by Crippen LogP contribution is 2.34. The molecule has 9 nitrogen and oxygen atoms in total. The lowest BCUT2D eigenvalue weighted by molar-refractivity contribution is 0.0269. The molecular weight excluding hydrogens is 564 g/mol. The number of rotatable bonds is 7. The van der Waals surface area contributed by atoms with Crippen LogP contribution in [0.2, 0.25) is 5.02 Å². The first-order valence-electron chi connectivity index (χ1n) is 14.1. The maximum atomic E-state index is 9.88. The van der Waals surface area contributed by atoms with Crippen molar-refractivity contribution >= 4 is 22.9 Å². The molecule has 0 aliphatic carbocycles. The molecule has 0 atom stereocenters. The van der Waals surface area contributed by atoms with Gasteiger partial charge in [0.1, 0.15) is 35.3 Å². The fourth-order valence-electron chi connectivity index (χ4n) is 4.66. The van der Waals surface area contributed by atoms with Crippen molar-refractivity contribution in [1.82, 2.24) is 19.4 Å². The van der Waals surface area contributed by atoms with Crippen LogP contribution in [0, 0.1) is 11.3 Å². The van der Waals surface area contributed by atoms with Gasteiger partial charge in [-0.25, -0.2) is 15.0 Å². The first kappa shape index (κ1) is 29.8. The second-order valence-electron chi connectivity index (χ2n) is 10.8. The normalized spacial score (nSPS) is 13.6. The van der Waals surface area contributed by atoms with Gasteiger partial charge in [0, 0.05) is 73.4 Å². The van der Waals surface area contributed by atoms with Crippen molar-refractivity contribution in [2.75, 3.05) is 24.6 Å². The van der Waals surface area contributed by atoms with E-state index in [1.54, 1.807) is 26.2 Å². The summed E-state index contributed by atoms with van der Waals surface area (Å²) in [5.74, 6) is 1.90. The van der Waals surface area contributed by atoms with Crippen LogP contribution >= 0.6 is 11.6 Å². The lowest BCUT2D eigenvalue weighted by Crippen LogP contribution is -2.38. The van der Waals surface area contributed by atoms with Crippen molar-refractivity contribution in [2.45, 2.75) is 38.4 Å². The third-order valence-electron chi connectivity index (χ3n) is 6.85. The van der Waals surface area contributed by atoms with E-state index in [0.29, 0.717) is 22.5 Å². The number of aliphatic hydroxyl groups is 1. The second-order valence-corrected chi connectivity index (χ2v) is 11.2.